The Morgan fingerprint density at radius 2 is 1.86 bits per heavy atom. The van der Waals surface area contributed by atoms with Crippen molar-refractivity contribution >= 4 is 29.0 Å². The number of pyridine rings is 1. The molecule has 1 saturated carbocycles. The van der Waals surface area contributed by atoms with Gasteiger partial charge in [-0.1, -0.05) is 30.3 Å². The third-order valence-electron chi connectivity index (χ3n) is 7.26. The Morgan fingerprint density at radius 1 is 1.09 bits per heavy atom. The van der Waals surface area contributed by atoms with Gasteiger partial charge >= 0.3 is 5.97 Å². The molecule has 0 unspecified atom stereocenters. The summed E-state index contributed by atoms with van der Waals surface area (Å²) in [5.74, 6) is 0.0428. The number of rotatable bonds is 5. The van der Waals surface area contributed by atoms with Crippen molar-refractivity contribution in [3.63, 3.8) is 0 Å². The number of methoxy groups -OCH3 is 1. The third kappa shape index (κ3) is 3.64. The molecule has 1 aromatic heterocycles. The maximum atomic E-state index is 12.7. The number of carbonyl (C=O) groups excluding carboxylic acids is 1. The van der Waals surface area contributed by atoms with Gasteiger partial charge in [0.15, 0.2) is 5.11 Å². The van der Waals surface area contributed by atoms with Crippen LogP contribution in [0, 0.1) is 5.92 Å². The predicted octanol–water partition coefficient (Wildman–Crippen LogP) is 3.41. The second-order valence-corrected chi connectivity index (χ2v) is 9.55. The van der Waals surface area contributed by atoms with Gasteiger partial charge in [-0.15, -0.1) is 0 Å². The van der Waals surface area contributed by atoms with E-state index in [1.807, 2.05) is 42.5 Å². The monoisotopic (exact) mass is 487 g/mol. The van der Waals surface area contributed by atoms with E-state index in [0.717, 1.165) is 28.3 Å². The van der Waals surface area contributed by atoms with Crippen molar-refractivity contribution in [1.29, 1.82) is 0 Å². The molecule has 7 nitrogen and oxygen atoms in total. The number of ether oxygens (including phenoxy) is 2. The Kier molecular flexibility index (Phi) is 5.42. The van der Waals surface area contributed by atoms with Gasteiger partial charge in [-0.3, -0.25) is 9.78 Å². The maximum absolute atomic E-state index is 12.7. The maximum Gasteiger partial charge on any atom is 0.311 e. The molecule has 1 N–H and O–H groups in total. The van der Waals surface area contributed by atoms with Gasteiger partial charge in [0.05, 0.1) is 36.9 Å². The fourth-order valence-corrected chi connectivity index (χ4v) is 6.01. The number of benzene rings is 2. The average molecular weight is 488 g/mol. The first-order chi connectivity index (χ1) is 17.0. The molecule has 0 amide bonds. The van der Waals surface area contributed by atoms with Crippen LogP contribution in [0.3, 0.4) is 0 Å². The molecule has 7 rings (SSSR count). The van der Waals surface area contributed by atoms with Crippen LogP contribution >= 0.6 is 12.2 Å². The molecule has 178 valence electrons. The Morgan fingerprint density at radius 3 is 2.54 bits per heavy atom. The number of nitrogens with zero attached hydrogens (tertiary/aromatic N) is 3. The fourth-order valence-electron chi connectivity index (χ4n) is 5.60. The first-order valence-electron chi connectivity index (χ1n) is 11.7. The van der Waals surface area contributed by atoms with E-state index in [-0.39, 0.29) is 18.1 Å². The molecular formula is C27H25N3O4S. The van der Waals surface area contributed by atoms with Crippen LogP contribution in [0.1, 0.15) is 12.0 Å². The summed E-state index contributed by atoms with van der Waals surface area (Å²) in [6, 6.07) is 21.4. The van der Waals surface area contributed by atoms with E-state index < -0.39 is 18.1 Å². The Labute approximate surface area is 208 Å². The lowest BCUT2D eigenvalue weighted by Crippen LogP contribution is -2.66. The molecule has 0 radical (unpaired) electrons. The molecule has 1 aliphatic carbocycles. The number of esters is 1. The van der Waals surface area contributed by atoms with Crippen molar-refractivity contribution in [3.8, 4) is 17.0 Å². The highest BCUT2D eigenvalue weighted by Gasteiger charge is 2.62. The Balaban J connectivity index is 1.34. The highest BCUT2D eigenvalue weighted by Crippen LogP contribution is 2.46. The van der Waals surface area contributed by atoms with E-state index in [1.165, 1.54) is 0 Å². The lowest BCUT2D eigenvalue weighted by atomic mass is 9.74. The molecule has 2 aromatic carbocycles. The number of fused-ring (bicyclic) bond motifs is 2. The molecule has 0 spiro atoms. The van der Waals surface area contributed by atoms with Crippen molar-refractivity contribution in [2.45, 2.75) is 37.3 Å². The summed E-state index contributed by atoms with van der Waals surface area (Å²) in [5.41, 5.74) is 3.93. The lowest BCUT2D eigenvalue weighted by Gasteiger charge is -2.49. The summed E-state index contributed by atoms with van der Waals surface area (Å²) in [6.45, 7) is 0.544. The zero-order valence-corrected chi connectivity index (χ0v) is 20.0. The number of aliphatic hydroxyl groups excluding tert-OH is 1. The number of aliphatic hydroxyl groups is 1. The van der Waals surface area contributed by atoms with Crippen LogP contribution < -0.4 is 9.64 Å². The molecule has 2 bridgehead atoms. The van der Waals surface area contributed by atoms with Gasteiger partial charge in [-0.2, -0.15) is 0 Å². The second-order valence-electron chi connectivity index (χ2n) is 9.18. The van der Waals surface area contributed by atoms with Gasteiger partial charge in [0.2, 0.25) is 0 Å². The smallest absolute Gasteiger partial charge is 0.311 e. The molecule has 3 aromatic rings. The Hall–Kier alpha value is -3.49. The van der Waals surface area contributed by atoms with Crippen molar-refractivity contribution in [3.05, 3.63) is 78.5 Å². The fraction of sp³-hybridized carbons (Fsp3) is 0.296. The van der Waals surface area contributed by atoms with Crippen molar-refractivity contribution in [2.75, 3.05) is 12.0 Å². The van der Waals surface area contributed by atoms with Crippen LogP contribution in [0.15, 0.2) is 72.9 Å². The number of carbonyl (C=O) groups is 1. The molecule has 4 aliphatic rings. The van der Waals surface area contributed by atoms with Gasteiger partial charge in [-0.25, -0.2) is 0 Å². The molecule has 35 heavy (non-hydrogen) atoms. The normalized spacial score (nSPS) is 27.1. The second kappa shape index (κ2) is 8.62. The van der Waals surface area contributed by atoms with Gasteiger partial charge in [0.25, 0.3) is 0 Å². The van der Waals surface area contributed by atoms with Crippen LogP contribution in [-0.4, -0.2) is 57.5 Å². The van der Waals surface area contributed by atoms with E-state index >= 15 is 0 Å². The number of hydrogen-bond acceptors (Lipinski definition) is 6. The van der Waals surface area contributed by atoms with Crippen LogP contribution in [0.25, 0.3) is 11.3 Å². The first-order valence-corrected chi connectivity index (χ1v) is 12.1. The molecule has 4 heterocycles. The highest BCUT2D eigenvalue weighted by molar-refractivity contribution is 7.80. The highest BCUT2D eigenvalue weighted by atomic mass is 32.1. The van der Waals surface area contributed by atoms with Crippen molar-refractivity contribution < 1.29 is 19.4 Å². The molecule has 3 saturated heterocycles. The number of thiocarbonyl (C=S) groups is 1. The summed E-state index contributed by atoms with van der Waals surface area (Å²) in [5, 5.41) is 11.4. The van der Waals surface area contributed by atoms with Crippen LogP contribution in [0.4, 0.5) is 5.69 Å². The average Bonchev–Trinajstić information content (AvgIpc) is 3.18. The molecule has 8 heteroatoms. The predicted molar refractivity (Wildman–Crippen MR) is 135 cm³/mol. The third-order valence-corrected chi connectivity index (χ3v) is 7.69. The minimum absolute atomic E-state index is 0.196. The topological polar surface area (TPSA) is 75.1 Å². The standard InChI is InChI=1S/C27H25N3O4S/c1-33-19-11-9-18(10-12-19)30-23-20-14-22(31)25(34-26(20)32)24(23)29(27(30)35)15-16-5-7-17(8-6-16)21-4-2-3-13-28-21/h2-13,20,22-25,31H,14-15H2,1H3/t20-,22-,23-,24-,25+/m1/s1. The molecule has 5 atom stereocenters. The van der Waals surface area contributed by atoms with E-state index in [1.54, 1.807) is 13.3 Å². The molecule has 4 fully saturated rings. The summed E-state index contributed by atoms with van der Waals surface area (Å²) < 4.78 is 11.0. The van der Waals surface area contributed by atoms with E-state index in [9.17, 15) is 9.90 Å². The van der Waals surface area contributed by atoms with Crippen molar-refractivity contribution in [2.24, 2.45) is 5.92 Å². The van der Waals surface area contributed by atoms with E-state index in [2.05, 4.69) is 39.0 Å². The van der Waals surface area contributed by atoms with Crippen LogP contribution in [-0.2, 0) is 16.1 Å². The zero-order chi connectivity index (χ0) is 24.1. The van der Waals surface area contributed by atoms with E-state index in [0.29, 0.717) is 18.1 Å². The molecular weight excluding hydrogens is 462 g/mol. The zero-order valence-electron chi connectivity index (χ0n) is 19.2. The van der Waals surface area contributed by atoms with Crippen molar-refractivity contribution in [1.82, 2.24) is 9.88 Å². The summed E-state index contributed by atoms with van der Waals surface area (Å²) in [6.07, 6.45) is 0.843. The van der Waals surface area contributed by atoms with Gasteiger partial charge in [0.1, 0.15) is 11.9 Å². The largest absolute Gasteiger partial charge is 0.497 e. The van der Waals surface area contributed by atoms with Gasteiger partial charge in [-0.05, 0) is 60.6 Å². The quantitative estimate of drug-likeness (QED) is 0.434. The summed E-state index contributed by atoms with van der Waals surface area (Å²) in [4.78, 5) is 21.3. The first kappa shape index (κ1) is 22.0. The summed E-state index contributed by atoms with van der Waals surface area (Å²) in [7, 11) is 1.63. The molecule has 3 aliphatic heterocycles. The number of anilines is 1. The summed E-state index contributed by atoms with van der Waals surface area (Å²) >= 11 is 5.99. The number of hydrogen-bond donors (Lipinski definition) is 1. The number of aromatic nitrogens is 1. The van der Waals surface area contributed by atoms with E-state index in [4.69, 9.17) is 21.7 Å². The SMILES string of the molecule is COc1ccc(N2C(=S)N(Cc3ccc(-c4ccccn4)cc3)[C@H]3[C@H]4OC(=O)[C@H](C[C@H]4O)[C@H]32)cc1. The Bertz CT molecular complexity index is 1250. The van der Waals surface area contributed by atoms with Gasteiger partial charge < -0.3 is 24.4 Å². The van der Waals surface area contributed by atoms with Gasteiger partial charge in [0, 0.05) is 24.0 Å². The minimum atomic E-state index is -0.702. The van der Waals surface area contributed by atoms with Crippen LogP contribution in [0.5, 0.6) is 5.75 Å². The lowest BCUT2D eigenvalue weighted by molar-refractivity contribution is -0.194. The minimum Gasteiger partial charge on any atom is -0.497 e. The van der Waals surface area contributed by atoms with Crippen LogP contribution in [0.2, 0.25) is 0 Å².